The van der Waals surface area contributed by atoms with E-state index in [0.717, 1.165) is 32.1 Å². The summed E-state index contributed by atoms with van der Waals surface area (Å²) in [4.78, 5) is 51.7. The van der Waals surface area contributed by atoms with Crippen LogP contribution in [0.3, 0.4) is 0 Å². The summed E-state index contributed by atoms with van der Waals surface area (Å²) in [7, 11) is 1.59. The van der Waals surface area contributed by atoms with Gasteiger partial charge >= 0.3 is 12.1 Å². The van der Waals surface area contributed by atoms with Crippen LogP contribution in [-0.2, 0) is 23.9 Å². The van der Waals surface area contributed by atoms with Crippen LogP contribution < -0.4 is 16.4 Å². The van der Waals surface area contributed by atoms with Crippen LogP contribution in [0.25, 0.3) is 0 Å². The normalized spacial score (nSPS) is 17.2. The number of hydrogen-bond donors (Lipinski definition) is 3. The Morgan fingerprint density at radius 2 is 1.65 bits per heavy atom. The van der Waals surface area contributed by atoms with Crippen molar-refractivity contribution in [1.29, 1.82) is 0 Å². The molecule has 0 spiro atoms. The van der Waals surface area contributed by atoms with E-state index in [2.05, 4.69) is 10.6 Å². The van der Waals surface area contributed by atoms with Crippen molar-refractivity contribution in [3.63, 3.8) is 0 Å². The number of rotatable bonds is 11. The van der Waals surface area contributed by atoms with Gasteiger partial charge in [-0.25, -0.2) is 4.79 Å². The van der Waals surface area contributed by atoms with Crippen molar-refractivity contribution in [2.75, 3.05) is 20.2 Å². The number of hydrogen-bond acceptors (Lipinski definition) is 7. The molecule has 0 radical (unpaired) electrons. The van der Waals surface area contributed by atoms with Crippen LogP contribution in [0.5, 0.6) is 0 Å². The highest BCUT2D eigenvalue weighted by atomic mass is 35.6. The number of ether oxygens (including phenoxy) is 2. The third-order valence-corrected chi connectivity index (χ3v) is 6.20. The van der Waals surface area contributed by atoms with Gasteiger partial charge < -0.3 is 30.7 Å². The summed E-state index contributed by atoms with van der Waals surface area (Å²) in [6.07, 6.45) is 4.65. The first kappa shape index (κ1) is 33.5. The Labute approximate surface area is 234 Å². The van der Waals surface area contributed by atoms with Gasteiger partial charge in [-0.15, -0.1) is 0 Å². The first-order valence-corrected chi connectivity index (χ1v) is 13.7. The average molecular weight is 588 g/mol. The zero-order chi connectivity index (χ0) is 28.4. The van der Waals surface area contributed by atoms with Crippen molar-refractivity contribution in [3.8, 4) is 0 Å². The lowest BCUT2D eigenvalue weighted by Gasteiger charge is -2.32. The van der Waals surface area contributed by atoms with E-state index >= 15 is 0 Å². The third-order valence-electron chi connectivity index (χ3n) is 5.87. The second-order valence-electron chi connectivity index (χ2n) is 10.5. The van der Waals surface area contributed by atoms with Crippen molar-refractivity contribution in [2.24, 2.45) is 11.7 Å². The Balaban J connectivity index is 2.62. The predicted octanol–water partition coefficient (Wildman–Crippen LogP) is 3.44. The molecule has 0 unspecified atom stereocenters. The van der Waals surface area contributed by atoms with Crippen LogP contribution in [0.4, 0.5) is 4.79 Å². The van der Waals surface area contributed by atoms with E-state index in [1.165, 1.54) is 4.90 Å². The van der Waals surface area contributed by atoms with Gasteiger partial charge in [0.2, 0.25) is 15.6 Å². The Hall–Kier alpha value is -1.49. The Morgan fingerprint density at radius 3 is 2.19 bits per heavy atom. The van der Waals surface area contributed by atoms with Crippen molar-refractivity contribution in [3.05, 3.63) is 0 Å². The van der Waals surface area contributed by atoms with E-state index in [-0.39, 0.29) is 18.2 Å². The van der Waals surface area contributed by atoms with Crippen LogP contribution in [0.15, 0.2) is 0 Å². The molecular weight excluding hydrogens is 547 g/mol. The molecule has 0 aliphatic heterocycles. The summed E-state index contributed by atoms with van der Waals surface area (Å²) in [5, 5.41) is 5.45. The first-order chi connectivity index (χ1) is 17.0. The fourth-order valence-corrected chi connectivity index (χ4v) is 4.20. The van der Waals surface area contributed by atoms with Gasteiger partial charge in [0, 0.05) is 13.6 Å². The number of alkyl halides is 3. The molecule has 13 heteroatoms. The molecule has 1 rings (SSSR count). The standard InChI is InChI=1S/C24H41Cl3N4O6/c1-15(20(33)31(5)13-9-12-17(28)21(34)36-14-24(25,26)27)29-19(32)18(16-10-7-6-8-11-16)30-22(35)37-23(2,3)4/h15-18H,6-14,28H2,1-5H3,(H,29,32)(H,30,35)/t15-,17-,18-/m0/s1. The molecular formula is C24H41Cl3N4O6. The SMILES string of the molecule is C[C@H](NC(=O)[C@@H](NC(=O)OC(C)(C)C)C1CCCCC1)C(=O)N(C)CCC[C@H](N)C(=O)OCC(Cl)(Cl)Cl. The van der Waals surface area contributed by atoms with Crippen molar-refractivity contribution >= 4 is 58.7 Å². The van der Waals surface area contributed by atoms with Crippen LogP contribution in [0.2, 0.25) is 0 Å². The summed E-state index contributed by atoms with van der Waals surface area (Å²) in [6, 6.07) is -2.55. The maximum atomic E-state index is 13.1. The molecule has 3 atom stereocenters. The van der Waals surface area contributed by atoms with Gasteiger partial charge in [-0.2, -0.15) is 0 Å². The van der Waals surface area contributed by atoms with Gasteiger partial charge in [-0.1, -0.05) is 54.1 Å². The topological polar surface area (TPSA) is 140 Å². The Bertz CT molecular complexity index is 781. The number of carbonyl (C=O) groups excluding carboxylic acids is 4. The lowest BCUT2D eigenvalue weighted by atomic mass is 9.83. The maximum absolute atomic E-state index is 13.1. The van der Waals surface area contributed by atoms with Crippen molar-refractivity contribution < 1.29 is 28.7 Å². The van der Waals surface area contributed by atoms with Crippen LogP contribution in [0, 0.1) is 5.92 Å². The molecule has 214 valence electrons. The largest absolute Gasteiger partial charge is 0.460 e. The summed E-state index contributed by atoms with van der Waals surface area (Å²) in [5.74, 6) is -1.48. The number of nitrogens with two attached hydrogens (primary N) is 1. The van der Waals surface area contributed by atoms with Gasteiger partial charge in [0.15, 0.2) is 0 Å². The van der Waals surface area contributed by atoms with E-state index in [1.807, 2.05) is 0 Å². The molecule has 0 saturated heterocycles. The van der Waals surface area contributed by atoms with Crippen molar-refractivity contribution in [2.45, 2.75) is 100 Å². The van der Waals surface area contributed by atoms with Gasteiger partial charge in [0.05, 0.1) is 0 Å². The van der Waals surface area contributed by atoms with Crippen LogP contribution in [0.1, 0.15) is 72.6 Å². The monoisotopic (exact) mass is 586 g/mol. The fourth-order valence-electron chi connectivity index (χ4n) is 4.03. The molecule has 0 heterocycles. The number of esters is 1. The number of likely N-dealkylation sites (N-methyl/N-ethyl adjacent to an activating group) is 1. The second kappa shape index (κ2) is 15.2. The lowest BCUT2D eigenvalue weighted by molar-refractivity contribution is -0.145. The van der Waals surface area contributed by atoms with E-state index in [9.17, 15) is 19.2 Å². The average Bonchev–Trinajstić information content (AvgIpc) is 2.79. The van der Waals surface area contributed by atoms with Gasteiger partial charge in [-0.05, 0) is 59.3 Å². The summed E-state index contributed by atoms with van der Waals surface area (Å²) < 4.78 is 8.48. The quantitative estimate of drug-likeness (QED) is 0.248. The van der Waals surface area contributed by atoms with E-state index < -0.39 is 52.1 Å². The second-order valence-corrected chi connectivity index (χ2v) is 13.0. The van der Waals surface area contributed by atoms with Gasteiger partial charge in [0.1, 0.15) is 30.3 Å². The summed E-state index contributed by atoms with van der Waals surface area (Å²) in [5.41, 5.74) is 5.11. The zero-order valence-corrected chi connectivity index (χ0v) is 24.5. The molecule has 0 aromatic heterocycles. The minimum absolute atomic E-state index is 0.0379. The Kier molecular flexibility index (Phi) is 13.8. The lowest BCUT2D eigenvalue weighted by Crippen LogP contribution is -2.56. The number of nitrogens with zero attached hydrogens (tertiary/aromatic N) is 1. The molecule has 37 heavy (non-hydrogen) atoms. The molecule has 1 saturated carbocycles. The molecule has 4 N–H and O–H groups in total. The van der Waals surface area contributed by atoms with E-state index in [4.69, 9.17) is 50.0 Å². The molecule has 1 fully saturated rings. The summed E-state index contributed by atoms with van der Waals surface area (Å²) in [6.45, 7) is 6.72. The fraction of sp³-hybridized carbons (Fsp3) is 0.833. The third kappa shape index (κ3) is 13.7. The zero-order valence-electron chi connectivity index (χ0n) is 22.3. The summed E-state index contributed by atoms with van der Waals surface area (Å²) >= 11 is 16.7. The molecule has 0 aromatic rings. The minimum atomic E-state index is -1.72. The Morgan fingerprint density at radius 1 is 1.05 bits per heavy atom. The molecule has 0 aromatic carbocycles. The van der Waals surface area contributed by atoms with E-state index in [1.54, 1.807) is 34.7 Å². The van der Waals surface area contributed by atoms with Gasteiger partial charge in [0.25, 0.3) is 0 Å². The highest BCUT2D eigenvalue weighted by molar-refractivity contribution is 6.67. The van der Waals surface area contributed by atoms with Crippen LogP contribution >= 0.6 is 34.8 Å². The van der Waals surface area contributed by atoms with Crippen molar-refractivity contribution in [1.82, 2.24) is 15.5 Å². The van der Waals surface area contributed by atoms with Crippen LogP contribution in [-0.4, -0.2) is 76.5 Å². The minimum Gasteiger partial charge on any atom is -0.460 e. The number of carbonyl (C=O) groups is 4. The molecule has 1 aliphatic rings. The van der Waals surface area contributed by atoms with Gasteiger partial charge in [-0.3, -0.25) is 14.4 Å². The number of alkyl carbamates (subject to hydrolysis) is 1. The highest BCUT2D eigenvalue weighted by Crippen LogP contribution is 2.27. The predicted molar refractivity (Wildman–Crippen MR) is 143 cm³/mol. The number of halogens is 3. The highest BCUT2D eigenvalue weighted by Gasteiger charge is 2.34. The maximum Gasteiger partial charge on any atom is 0.408 e. The number of nitrogens with one attached hydrogen (secondary N) is 2. The number of amides is 3. The molecule has 0 bridgehead atoms. The smallest absolute Gasteiger partial charge is 0.408 e. The molecule has 10 nitrogen and oxygen atoms in total. The molecule has 1 aliphatic carbocycles. The molecule has 3 amide bonds. The van der Waals surface area contributed by atoms with E-state index in [0.29, 0.717) is 13.0 Å². The first-order valence-electron chi connectivity index (χ1n) is 12.5.